The largest absolute Gasteiger partial charge is 0.376 e. The molecular formula is C24H33ClN6O3S. The Morgan fingerprint density at radius 1 is 1.17 bits per heavy atom. The van der Waals surface area contributed by atoms with Crippen LogP contribution in [-0.4, -0.2) is 46.4 Å². The first kappa shape index (κ1) is 27.1. The van der Waals surface area contributed by atoms with Crippen molar-refractivity contribution >= 4 is 27.4 Å². The van der Waals surface area contributed by atoms with Gasteiger partial charge in [0.25, 0.3) is 0 Å². The minimum Gasteiger partial charge on any atom is -0.376 e. The Kier molecular flexibility index (Phi) is 8.53. The number of hydrogen-bond acceptors (Lipinski definition) is 7. The van der Waals surface area contributed by atoms with Crippen LogP contribution >= 0.6 is 11.6 Å². The van der Waals surface area contributed by atoms with Crippen molar-refractivity contribution in [2.75, 3.05) is 11.9 Å². The predicted octanol–water partition coefficient (Wildman–Crippen LogP) is 4.67. The highest BCUT2D eigenvalue weighted by molar-refractivity contribution is 7.89. The number of ether oxygens (including phenoxy) is 1. The standard InChI is InChI=1S/C24H33ClN6O3S/c1-16(10-12-34-24(4,5)6)29-23-21(25)13-19(14-27-23)35(32,33)30-17(2)20-15-28-31(18(20)3)22-9-7-8-11-26-22/h7-9,11,13-17,30H,10,12H2,1-6H3,(H,27,29)/t16-,17?/m0/s1. The number of hydrogen-bond donors (Lipinski definition) is 2. The Bertz CT molecular complexity index is 1240. The van der Waals surface area contributed by atoms with Crippen LogP contribution < -0.4 is 10.0 Å². The van der Waals surface area contributed by atoms with Crippen molar-refractivity contribution in [3.05, 3.63) is 59.1 Å². The Hall–Kier alpha value is -2.53. The van der Waals surface area contributed by atoms with Crippen LogP contribution in [0.3, 0.4) is 0 Å². The molecule has 0 fully saturated rings. The van der Waals surface area contributed by atoms with Crippen LogP contribution in [0, 0.1) is 6.92 Å². The highest BCUT2D eigenvalue weighted by atomic mass is 35.5. The first-order valence-corrected chi connectivity index (χ1v) is 13.3. The Balaban J connectivity index is 1.68. The van der Waals surface area contributed by atoms with Gasteiger partial charge < -0.3 is 10.1 Å². The van der Waals surface area contributed by atoms with Gasteiger partial charge in [-0.25, -0.2) is 27.8 Å². The van der Waals surface area contributed by atoms with Crippen molar-refractivity contribution in [2.45, 2.75) is 70.5 Å². The second-order valence-electron chi connectivity index (χ2n) is 9.42. The summed E-state index contributed by atoms with van der Waals surface area (Å²) in [6.07, 6.45) is 5.36. The molecule has 1 unspecified atom stereocenters. The van der Waals surface area contributed by atoms with Crippen LogP contribution in [0.25, 0.3) is 5.82 Å². The summed E-state index contributed by atoms with van der Waals surface area (Å²) in [5.74, 6) is 1.08. The fourth-order valence-electron chi connectivity index (χ4n) is 3.44. The van der Waals surface area contributed by atoms with Gasteiger partial charge in [0.1, 0.15) is 10.7 Å². The maximum Gasteiger partial charge on any atom is 0.242 e. The molecule has 11 heteroatoms. The Labute approximate surface area is 212 Å². The van der Waals surface area contributed by atoms with Gasteiger partial charge in [0.2, 0.25) is 10.0 Å². The third-order valence-corrected chi connectivity index (χ3v) is 7.10. The lowest BCUT2D eigenvalue weighted by Gasteiger charge is -2.22. The van der Waals surface area contributed by atoms with Crippen LogP contribution in [0.15, 0.2) is 47.8 Å². The molecule has 0 radical (unpaired) electrons. The fraction of sp³-hybridized carbons (Fsp3) is 0.458. The molecule has 35 heavy (non-hydrogen) atoms. The highest BCUT2D eigenvalue weighted by Crippen LogP contribution is 2.26. The molecule has 2 atom stereocenters. The van der Waals surface area contributed by atoms with Gasteiger partial charge in [-0.2, -0.15) is 5.10 Å². The zero-order valence-corrected chi connectivity index (χ0v) is 22.5. The van der Waals surface area contributed by atoms with Crippen LogP contribution in [0.1, 0.15) is 58.3 Å². The van der Waals surface area contributed by atoms with E-state index in [1.807, 2.05) is 52.8 Å². The first-order valence-electron chi connectivity index (χ1n) is 11.4. The highest BCUT2D eigenvalue weighted by Gasteiger charge is 2.23. The molecule has 0 saturated heterocycles. The summed E-state index contributed by atoms with van der Waals surface area (Å²) in [4.78, 5) is 8.54. The van der Waals surface area contributed by atoms with Crippen molar-refractivity contribution in [2.24, 2.45) is 0 Å². The lowest BCUT2D eigenvalue weighted by atomic mass is 10.1. The molecule has 0 aliphatic heterocycles. The molecule has 190 valence electrons. The number of rotatable bonds is 10. The van der Waals surface area contributed by atoms with Gasteiger partial charge in [-0.3, -0.25) is 0 Å². The summed E-state index contributed by atoms with van der Waals surface area (Å²) in [5.41, 5.74) is 1.33. The lowest BCUT2D eigenvalue weighted by molar-refractivity contribution is -0.00497. The average molecular weight is 521 g/mol. The van der Waals surface area contributed by atoms with E-state index in [1.165, 1.54) is 12.3 Å². The lowest BCUT2D eigenvalue weighted by Crippen LogP contribution is -2.27. The van der Waals surface area contributed by atoms with E-state index in [1.54, 1.807) is 24.0 Å². The molecular weight excluding hydrogens is 488 g/mol. The van der Waals surface area contributed by atoms with E-state index in [9.17, 15) is 8.42 Å². The maximum absolute atomic E-state index is 13.0. The van der Waals surface area contributed by atoms with Gasteiger partial charge in [0.15, 0.2) is 5.82 Å². The van der Waals surface area contributed by atoms with Gasteiger partial charge in [-0.1, -0.05) is 17.7 Å². The maximum atomic E-state index is 13.0. The molecule has 0 bridgehead atoms. The van der Waals surface area contributed by atoms with Crippen LogP contribution in [-0.2, 0) is 14.8 Å². The molecule has 0 aromatic carbocycles. The quantitative estimate of drug-likeness (QED) is 0.399. The van der Waals surface area contributed by atoms with Gasteiger partial charge >= 0.3 is 0 Å². The smallest absolute Gasteiger partial charge is 0.242 e. The zero-order chi connectivity index (χ0) is 25.8. The van der Waals surface area contributed by atoms with Gasteiger partial charge in [0, 0.05) is 42.3 Å². The Morgan fingerprint density at radius 3 is 2.54 bits per heavy atom. The van der Waals surface area contributed by atoms with E-state index >= 15 is 0 Å². The monoisotopic (exact) mass is 520 g/mol. The van der Waals surface area contributed by atoms with Gasteiger partial charge in [0.05, 0.1) is 16.8 Å². The molecule has 9 nitrogen and oxygen atoms in total. The Morgan fingerprint density at radius 2 is 1.91 bits per heavy atom. The van der Waals surface area contributed by atoms with Crippen molar-refractivity contribution in [1.82, 2.24) is 24.5 Å². The molecule has 0 amide bonds. The minimum atomic E-state index is -3.88. The number of sulfonamides is 1. The summed E-state index contributed by atoms with van der Waals surface area (Å²) in [6, 6.07) is 6.43. The molecule has 3 rings (SSSR count). The zero-order valence-electron chi connectivity index (χ0n) is 20.9. The second kappa shape index (κ2) is 11.0. The van der Waals surface area contributed by atoms with Gasteiger partial charge in [-0.15, -0.1) is 0 Å². The number of anilines is 1. The van der Waals surface area contributed by atoms with Crippen molar-refractivity contribution < 1.29 is 13.2 Å². The van der Waals surface area contributed by atoms with Crippen molar-refractivity contribution in [3.63, 3.8) is 0 Å². The molecule has 0 aliphatic carbocycles. The van der Waals surface area contributed by atoms with Crippen LogP contribution in [0.5, 0.6) is 0 Å². The van der Waals surface area contributed by atoms with E-state index in [4.69, 9.17) is 16.3 Å². The molecule has 0 spiro atoms. The third kappa shape index (κ3) is 7.23. The molecule has 3 aromatic rings. The summed E-state index contributed by atoms with van der Waals surface area (Å²) in [6.45, 7) is 12.2. The third-order valence-electron chi connectivity index (χ3n) is 5.31. The summed E-state index contributed by atoms with van der Waals surface area (Å²) >= 11 is 6.37. The van der Waals surface area contributed by atoms with E-state index in [-0.39, 0.29) is 21.6 Å². The number of pyridine rings is 2. The van der Waals surface area contributed by atoms with E-state index in [0.717, 1.165) is 17.7 Å². The summed E-state index contributed by atoms with van der Waals surface area (Å²) in [5, 5.41) is 7.80. The normalized spacial score (nSPS) is 14.0. The van der Waals surface area contributed by atoms with Crippen LogP contribution in [0.4, 0.5) is 5.82 Å². The minimum absolute atomic E-state index is 0.0154. The summed E-state index contributed by atoms with van der Waals surface area (Å²) in [7, 11) is -3.88. The van der Waals surface area contributed by atoms with Crippen LogP contribution in [0.2, 0.25) is 5.02 Å². The van der Waals surface area contributed by atoms with Gasteiger partial charge in [-0.05, 0) is 66.2 Å². The molecule has 0 aliphatic rings. The average Bonchev–Trinajstić information content (AvgIpc) is 3.16. The first-order chi connectivity index (χ1) is 16.4. The van der Waals surface area contributed by atoms with E-state index in [2.05, 4.69) is 25.1 Å². The fourth-order valence-corrected chi connectivity index (χ4v) is 4.92. The molecule has 0 saturated carbocycles. The van der Waals surface area contributed by atoms with Crippen molar-refractivity contribution in [3.8, 4) is 5.82 Å². The number of nitrogens with zero attached hydrogens (tertiary/aromatic N) is 4. The molecule has 2 N–H and O–H groups in total. The second-order valence-corrected chi connectivity index (χ2v) is 11.5. The summed E-state index contributed by atoms with van der Waals surface area (Å²) < 4.78 is 36.2. The SMILES string of the molecule is Cc1c(C(C)NS(=O)(=O)c2cnc(N[C@@H](C)CCOC(C)(C)C)c(Cl)c2)cnn1-c1ccccn1. The number of aromatic nitrogens is 4. The van der Waals surface area contributed by atoms with Crippen molar-refractivity contribution in [1.29, 1.82) is 0 Å². The number of nitrogens with one attached hydrogen (secondary N) is 2. The molecule has 3 heterocycles. The topological polar surface area (TPSA) is 111 Å². The number of halogens is 1. The molecule has 3 aromatic heterocycles. The predicted molar refractivity (Wildman–Crippen MR) is 137 cm³/mol. The van der Waals surface area contributed by atoms with E-state index in [0.29, 0.717) is 18.2 Å². The van der Waals surface area contributed by atoms with E-state index < -0.39 is 16.1 Å².